The van der Waals surface area contributed by atoms with Crippen LogP contribution < -0.4 is 4.90 Å². The summed E-state index contributed by atoms with van der Waals surface area (Å²) in [4.78, 5) is 14.9. The zero-order valence-corrected chi connectivity index (χ0v) is 13.3. The van der Waals surface area contributed by atoms with Crippen molar-refractivity contribution in [3.8, 4) is 0 Å². The highest BCUT2D eigenvalue weighted by Crippen LogP contribution is 2.30. The van der Waals surface area contributed by atoms with Gasteiger partial charge >= 0.3 is 0 Å². The topological polar surface area (TPSA) is 49.6 Å². The van der Waals surface area contributed by atoms with Gasteiger partial charge < -0.3 is 9.80 Å². The first kappa shape index (κ1) is 14.5. The fraction of sp³-hybridized carbons (Fsp3) is 0.538. The van der Waals surface area contributed by atoms with Gasteiger partial charge in [0, 0.05) is 30.4 Å². The molecule has 0 saturated carbocycles. The van der Waals surface area contributed by atoms with Crippen molar-refractivity contribution in [3.05, 3.63) is 34.4 Å². The fourth-order valence-corrected chi connectivity index (χ4v) is 3.61. The minimum atomic E-state index is -0.358. The van der Waals surface area contributed by atoms with Gasteiger partial charge in [-0.15, -0.1) is 0 Å². The van der Waals surface area contributed by atoms with Crippen LogP contribution >= 0.6 is 22.6 Å². The Morgan fingerprint density at radius 2 is 2.00 bits per heavy atom. The summed E-state index contributed by atoms with van der Waals surface area (Å²) in [6.45, 7) is 0.994. The molecule has 104 valence electrons. The monoisotopic (exact) mass is 375 g/mol. The van der Waals surface area contributed by atoms with E-state index in [0.29, 0.717) is 10.1 Å². The smallest absolute Gasteiger partial charge is 0.269 e. The number of piperidine rings is 1. The number of alkyl halides is 1. The summed E-state index contributed by atoms with van der Waals surface area (Å²) in [5.74, 6) is 0. The van der Waals surface area contributed by atoms with Crippen molar-refractivity contribution in [3.63, 3.8) is 0 Å². The molecule has 0 bridgehead atoms. The third kappa shape index (κ3) is 3.36. The Labute approximate surface area is 126 Å². The van der Waals surface area contributed by atoms with Crippen molar-refractivity contribution >= 4 is 34.0 Å². The van der Waals surface area contributed by atoms with Gasteiger partial charge in [-0.3, -0.25) is 10.1 Å². The van der Waals surface area contributed by atoms with Crippen molar-refractivity contribution in [1.82, 2.24) is 4.90 Å². The lowest BCUT2D eigenvalue weighted by molar-refractivity contribution is -0.384. The van der Waals surface area contributed by atoms with E-state index in [1.807, 2.05) is 12.1 Å². The highest BCUT2D eigenvalue weighted by atomic mass is 127. The van der Waals surface area contributed by atoms with Crippen LogP contribution in [0, 0.1) is 10.1 Å². The molecule has 0 spiro atoms. The average molecular weight is 375 g/mol. The Bertz CT molecular complexity index is 450. The summed E-state index contributed by atoms with van der Waals surface area (Å²) < 4.78 is 0.431. The van der Waals surface area contributed by atoms with E-state index in [0.717, 1.165) is 25.1 Å². The van der Waals surface area contributed by atoms with E-state index in [2.05, 4.69) is 46.5 Å². The molecule has 19 heavy (non-hydrogen) atoms. The van der Waals surface area contributed by atoms with Crippen LogP contribution in [0.4, 0.5) is 11.4 Å². The molecule has 6 heteroatoms. The Hall–Kier alpha value is -0.890. The average Bonchev–Trinajstić information content (AvgIpc) is 2.38. The quantitative estimate of drug-likeness (QED) is 0.268. The second-order valence-corrected chi connectivity index (χ2v) is 6.48. The van der Waals surface area contributed by atoms with Gasteiger partial charge in [-0.2, -0.15) is 0 Å². The van der Waals surface area contributed by atoms with Crippen LogP contribution in [-0.4, -0.2) is 40.6 Å². The standard InChI is InChI=1S/C13H18IN3O2/c1-15(2)12-7-8-16(13(14)9-12)10-3-5-11(6-4-10)17(18)19/h3-6,12-13H,7-9H2,1-2H3. The number of rotatable bonds is 3. The SMILES string of the molecule is CN(C)C1CCN(c2ccc([N+](=O)[O-])cc2)C(I)C1. The van der Waals surface area contributed by atoms with Crippen molar-refractivity contribution in [1.29, 1.82) is 0 Å². The summed E-state index contributed by atoms with van der Waals surface area (Å²) >= 11 is 2.46. The predicted molar refractivity (Wildman–Crippen MR) is 85.0 cm³/mol. The van der Waals surface area contributed by atoms with Gasteiger partial charge in [0.15, 0.2) is 0 Å². The number of hydrogen-bond acceptors (Lipinski definition) is 4. The van der Waals surface area contributed by atoms with E-state index in [9.17, 15) is 10.1 Å². The lowest BCUT2D eigenvalue weighted by Crippen LogP contribution is -2.45. The maximum atomic E-state index is 10.7. The van der Waals surface area contributed by atoms with Crippen LogP contribution in [0.2, 0.25) is 0 Å². The summed E-state index contributed by atoms with van der Waals surface area (Å²) in [6.07, 6.45) is 2.24. The third-order valence-corrected chi connectivity index (χ3v) is 4.81. The van der Waals surface area contributed by atoms with Gasteiger partial charge in [-0.25, -0.2) is 0 Å². The van der Waals surface area contributed by atoms with Crippen LogP contribution in [0.15, 0.2) is 24.3 Å². The third-order valence-electron chi connectivity index (χ3n) is 3.63. The lowest BCUT2D eigenvalue weighted by Gasteiger charge is -2.40. The van der Waals surface area contributed by atoms with Crippen LogP contribution in [-0.2, 0) is 0 Å². The van der Waals surface area contributed by atoms with E-state index in [-0.39, 0.29) is 10.6 Å². The molecular weight excluding hydrogens is 357 g/mol. The highest BCUT2D eigenvalue weighted by molar-refractivity contribution is 14.1. The summed E-state index contributed by atoms with van der Waals surface area (Å²) in [5, 5.41) is 10.7. The highest BCUT2D eigenvalue weighted by Gasteiger charge is 2.27. The molecule has 2 unspecified atom stereocenters. The van der Waals surface area contributed by atoms with E-state index in [1.54, 1.807) is 12.1 Å². The Balaban J connectivity index is 2.08. The number of halogens is 1. The number of hydrogen-bond donors (Lipinski definition) is 0. The molecule has 2 atom stereocenters. The Morgan fingerprint density at radius 3 is 2.47 bits per heavy atom. The van der Waals surface area contributed by atoms with Crippen LogP contribution in [0.25, 0.3) is 0 Å². The van der Waals surface area contributed by atoms with Gasteiger partial charge in [0.2, 0.25) is 0 Å². The van der Waals surface area contributed by atoms with Crippen LogP contribution in [0.3, 0.4) is 0 Å². The lowest BCUT2D eigenvalue weighted by atomic mass is 10.0. The molecule has 1 saturated heterocycles. The fourth-order valence-electron chi connectivity index (χ4n) is 2.42. The molecule has 2 rings (SSSR count). The second kappa shape index (κ2) is 6.04. The molecule has 1 aromatic carbocycles. The van der Waals surface area contributed by atoms with Gasteiger partial charge in [-0.05, 0) is 39.1 Å². The molecule has 0 N–H and O–H groups in total. The normalized spacial score (nSPS) is 23.7. The first-order valence-corrected chi connectivity index (χ1v) is 7.55. The molecule has 0 radical (unpaired) electrons. The predicted octanol–water partition coefficient (Wildman–Crippen LogP) is 2.89. The van der Waals surface area contributed by atoms with Crippen LogP contribution in [0.1, 0.15) is 12.8 Å². The largest absolute Gasteiger partial charge is 0.360 e. The number of non-ortho nitro benzene ring substituents is 1. The number of nitro groups is 1. The first-order chi connectivity index (χ1) is 8.99. The van der Waals surface area contributed by atoms with Gasteiger partial charge in [0.05, 0.1) is 8.97 Å². The van der Waals surface area contributed by atoms with Crippen molar-refractivity contribution in [2.75, 3.05) is 25.5 Å². The Kier molecular flexibility index (Phi) is 4.62. The molecule has 0 amide bonds. The molecule has 1 heterocycles. The molecule has 1 aromatic rings. The number of nitro benzene ring substituents is 1. The molecule has 1 aliphatic heterocycles. The van der Waals surface area contributed by atoms with Crippen molar-refractivity contribution in [2.24, 2.45) is 0 Å². The van der Waals surface area contributed by atoms with Crippen molar-refractivity contribution < 1.29 is 4.92 Å². The molecule has 1 aliphatic rings. The Morgan fingerprint density at radius 1 is 1.37 bits per heavy atom. The van der Waals surface area contributed by atoms with E-state index in [1.165, 1.54) is 0 Å². The summed E-state index contributed by atoms with van der Waals surface area (Å²) in [6, 6.07) is 7.48. The van der Waals surface area contributed by atoms with Crippen LogP contribution in [0.5, 0.6) is 0 Å². The molecule has 0 aliphatic carbocycles. The van der Waals surface area contributed by atoms with Gasteiger partial charge in [0.1, 0.15) is 0 Å². The molecule has 0 aromatic heterocycles. The number of benzene rings is 1. The zero-order valence-electron chi connectivity index (χ0n) is 11.1. The zero-order chi connectivity index (χ0) is 14.0. The minimum absolute atomic E-state index is 0.150. The number of nitrogens with zero attached hydrogens (tertiary/aromatic N) is 3. The van der Waals surface area contributed by atoms with E-state index < -0.39 is 0 Å². The minimum Gasteiger partial charge on any atom is -0.360 e. The first-order valence-electron chi connectivity index (χ1n) is 6.30. The molecular formula is C13H18IN3O2. The summed E-state index contributed by atoms with van der Waals surface area (Å²) in [5.41, 5.74) is 1.22. The van der Waals surface area contributed by atoms with Gasteiger partial charge in [0.25, 0.3) is 5.69 Å². The van der Waals surface area contributed by atoms with Crippen molar-refractivity contribution in [2.45, 2.75) is 22.9 Å². The van der Waals surface area contributed by atoms with Gasteiger partial charge in [-0.1, -0.05) is 22.6 Å². The number of anilines is 1. The van der Waals surface area contributed by atoms with E-state index >= 15 is 0 Å². The van der Waals surface area contributed by atoms with E-state index in [4.69, 9.17) is 0 Å². The maximum absolute atomic E-state index is 10.7. The second-order valence-electron chi connectivity index (χ2n) is 5.04. The molecule has 5 nitrogen and oxygen atoms in total. The maximum Gasteiger partial charge on any atom is 0.269 e. The molecule has 1 fully saturated rings. The summed E-state index contributed by atoms with van der Waals surface area (Å²) in [7, 11) is 4.24.